The minimum atomic E-state index is 0.634. The number of hydrogen-bond donors (Lipinski definition) is 1. The Bertz CT molecular complexity index is 442. The van der Waals surface area contributed by atoms with Gasteiger partial charge in [-0.15, -0.1) is 0 Å². The average molecular weight is 343 g/mol. The molecule has 1 aromatic rings. The van der Waals surface area contributed by atoms with Crippen LogP contribution in [0.2, 0.25) is 5.02 Å². The maximum Gasteiger partial charge on any atom is 0.0441 e. The van der Waals surface area contributed by atoms with E-state index in [1.54, 1.807) is 0 Å². The Labute approximate surface area is 129 Å². The summed E-state index contributed by atoms with van der Waals surface area (Å²) in [6.07, 6.45) is 6.88. The molecule has 3 heteroatoms. The molecule has 0 aromatic heterocycles. The van der Waals surface area contributed by atoms with E-state index < -0.39 is 0 Å². The normalized spacial score (nSPS) is 28.7. The van der Waals surface area contributed by atoms with Crippen LogP contribution in [0.25, 0.3) is 0 Å². The van der Waals surface area contributed by atoms with Gasteiger partial charge in [-0.25, -0.2) is 0 Å². The molecule has 1 saturated carbocycles. The predicted molar refractivity (Wildman–Crippen MR) is 84.8 cm³/mol. The molecule has 0 radical (unpaired) electrons. The zero-order valence-corrected chi connectivity index (χ0v) is 13.5. The Morgan fingerprint density at radius 3 is 2.74 bits per heavy atom. The van der Waals surface area contributed by atoms with Crippen LogP contribution in [0.1, 0.15) is 43.6 Å². The highest BCUT2D eigenvalue weighted by molar-refractivity contribution is 9.10. The SMILES string of the molecule is Clc1ccc(Br)cc1C1CCNCC1C1CCCC1. The van der Waals surface area contributed by atoms with Crippen molar-refractivity contribution in [2.45, 2.75) is 38.0 Å². The van der Waals surface area contributed by atoms with Crippen molar-refractivity contribution in [1.29, 1.82) is 0 Å². The molecule has 1 aliphatic heterocycles. The zero-order chi connectivity index (χ0) is 13.2. The largest absolute Gasteiger partial charge is 0.316 e. The van der Waals surface area contributed by atoms with E-state index in [1.165, 1.54) is 37.7 Å². The van der Waals surface area contributed by atoms with E-state index >= 15 is 0 Å². The molecule has 104 valence electrons. The van der Waals surface area contributed by atoms with Crippen molar-refractivity contribution in [3.8, 4) is 0 Å². The standard InChI is InChI=1S/C16H21BrClN/c17-12-5-6-16(18)14(9-12)13-7-8-19-10-15(13)11-3-1-2-4-11/h5-6,9,11,13,15,19H,1-4,7-8,10H2. The third kappa shape index (κ3) is 3.01. The summed E-state index contributed by atoms with van der Waals surface area (Å²) in [5, 5.41) is 4.53. The molecule has 3 rings (SSSR count). The molecule has 0 amide bonds. The van der Waals surface area contributed by atoms with E-state index in [2.05, 4.69) is 27.3 Å². The number of halogens is 2. The highest BCUT2D eigenvalue weighted by Gasteiger charge is 2.34. The summed E-state index contributed by atoms with van der Waals surface area (Å²) in [7, 11) is 0. The molecule has 0 bridgehead atoms. The van der Waals surface area contributed by atoms with Crippen molar-refractivity contribution in [1.82, 2.24) is 5.32 Å². The van der Waals surface area contributed by atoms with Gasteiger partial charge in [0, 0.05) is 9.50 Å². The summed E-state index contributed by atoms with van der Waals surface area (Å²) in [5.41, 5.74) is 1.36. The van der Waals surface area contributed by atoms with Gasteiger partial charge in [0.2, 0.25) is 0 Å². The lowest BCUT2D eigenvalue weighted by Gasteiger charge is -2.37. The van der Waals surface area contributed by atoms with Gasteiger partial charge in [-0.2, -0.15) is 0 Å². The van der Waals surface area contributed by atoms with Gasteiger partial charge < -0.3 is 5.32 Å². The Kier molecular flexibility index (Phi) is 4.51. The average Bonchev–Trinajstić information content (AvgIpc) is 2.95. The molecule has 2 atom stereocenters. The minimum absolute atomic E-state index is 0.634. The Hall–Kier alpha value is -0.0500. The van der Waals surface area contributed by atoms with E-state index in [9.17, 15) is 0 Å². The van der Waals surface area contributed by atoms with Crippen molar-refractivity contribution in [2.75, 3.05) is 13.1 Å². The quantitative estimate of drug-likeness (QED) is 0.798. The summed E-state index contributed by atoms with van der Waals surface area (Å²) in [4.78, 5) is 0. The third-order valence-corrected chi connectivity index (χ3v) is 5.73. The molecule has 1 heterocycles. The van der Waals surface area contributed by atoms with Crippen LogP contribution in [0.15, 0.2) is 22.7 Å². The lowest BCUT2D eigenvalue weighted by atomic mass is 9.73. The van der Waals surface area contributed by atoms with Gasteiger partial charge in [0.05, 0.1) is 0 Å². The first-order valence-corrected chi connectivity index (χ1v) is 8.58. The number of rotatable bonds is 2. The van der Waals surface area contributed by atoms with Crippen molar-refractivity contribution >= 4 is 27.5 Å². The Morgan fingerprint density at radius 1 is 1.16 bits per heavy atom. The van der Waals surface area contributed by atoms with Crippen LogP contribution in [0.4, 0.5) is 0 Å². The molecule has 0 spiro atoms. The van der Waals surface area contributed by atoms with Crippen LogP contribution in [-0.2, 0) is 0 Å². The van der Waals surface area contributed by atoms with Crippen molar-refractivity contribution in [3.05, 3.63) is 33.3 Å². The van der Waals surface area contributed by atoms with E-state index in [-0.39, 0.29) is 0 Å². The molecular formula is C16H21BrClN. The van der Waals surface area contributed by atoms with Gasteiger partial charge in [0.1, 0.15) is 0 Å². The molecule has 2 fully saturated rings. The van der Waals surface area contributed by atoms with Gasteiger partial charge >= 0.3 is 0 Å². The summed E-state index contributed by atoms with van der Waals surface area (Å²) >= 11 is 10.1. The monoisotopic (exact) mass is 341 g/mol. The summed E-state index contributed by atoms with van der Waals surface area (Å²) in [6.45, 7) is 2.29. The van der Waals surface area contributed by atoms with Crippen LogP contribution in [-0.4, -0.2) is 13.1 Å². The molecule has 1 N–H and O–H groups in total. The lowest BCUT2D eigenvalue weighted by molar-refractivity contribution is 0.231. The molecule has 2 unspecified atom stereocenters. The van der Waals surface area contributed by atoms with Crippen molar-refractivity contribution in [3.63, 3.8) is 0 Å². The summed E-state index contributed by atoms with van der Waals surface area (Å²) < 4.78 is 1.15. The molecular weight excluding hydrogens is 322 g/mol. The van der Waals surface area contributed by atoms with Gasteiger partial charge in [0.25, 0.3) is 0 Å². The maximum atomic E-state index is 6.46. The molecule has 1 saturated heterocycles. The Balaban J connectivity index is 1.88. The third-order valence-electron chi connectivity index (χ3n) is 4.89. The van der Waals surface area contributed by atoms with E-state index in [0.29, 0.717) is 5.92 Å². The van der Waals surface area contributed by atoms with E-state index in [4.69, 9.17) is 11.6 Å². The fourth-order valence-electron chi connectivity index (χ4n) is 3.95. The number of hydrogen-bond acceptors (Lipinski definition) is 1. The smallest absolute Gasteiger partial charge is 0.0441 e. The maximum absolute atomic E-state index is 6.46. The second-order valence-electron chi connectivity index (χ2n) is 5.97. The highest BCUT2D eigenvalue weighted by Crippen LogP contribution is 2.44. The van der Waals surface area contributed by atoms with Crippen LogP contribution in [0, 0.1) is 11.8 Å². The Morgan fingerprint density at radius 2 is 1.95 bits per heavy atom. The predicted octanol–water partition coefficient (Wildman–Crippen LogP) is 4.99. The minimum Gasteiger partial charge on any atom is -0.316 e. The zero-order valence-electron chi connectivity index (χ0n) is 11.2. The van der Waals surface area contributed by atoms with Crippen LogP contribution < -0.4 is 5.32 Å². The van der Waals surface area contributed by atoms with Gasteiger partial charge in [0.15, 0.2) is 0 Å². The first-order chi connectivity index (χ1) is 9.25. The molecule has 1 aliphatic carbocycles. The second kappa shape index (κ2) is 6.15. The second-order valence-corrected chi connectivity index (χ2v) is 7.30. The van der Waals surface area contributed by atoms with Crippen LogP contribution >= 0.6 is 27.5 Å². The van der Waals surface area contributed by atoms with Crippen molar-refractivity contribution in [2.24, 2.45) is 11.8 Å². The molecule has 1 aromatic carbocycles. The van der Waals surface area contributed by atoms with Crippen molar-refractivity contribution < 1.29 is 0 Å². The lowest BCUT2D eigenvalue weighted by Crippen LogP contribution is -2.38. The number of nitrogens with one attached hydrogen (secondary N) is 1. The van der Waals surface area contributed by atoms with Gasteiger partial charge in [-0.1, -0.05) is 53.2 Å². The molecule has 2 aliphatic rings. The van der Waals surface area contributed by atoms with Crippen LogP contribution in [0.3, 0.4) is 0 Å². The van der Waals surface area contributed by atoms with Crippen LogP contribution in [0.5, 0.6) is 0 Å². The first-order valence-electron chi connectivity index (χ1n) is 7.41. The fourth-order valence-corrected chi connectivity index (χ4v) is 4.58. The fraction of sp³-hybridized carbons (Fsp3) is 0.625. The highest BCUT2D eigenvalue weighted by atomic mass is 79.9. The molecule has 1 nitrogen and oxygen atoms in total. The summed E-state index contributed by atoms with van der Waals surface area (Å²) in [5.74, 6) is 2.30. The number of piperidine rings is 1. The summed E-state index contributed by atoms with van der Waals surface area (Å²) in [6, 6.07) is 6.31. The number of benzene rings is 1. The van der Waals surface area contributed by atoms with Gasteiger partial charge in [-0.05, 0) is 61.0 Å². The first kappa shape index (κ1) is 13.9. The topological polar surface area (TPSA) is 12.0 Å². The van der Waals surface area contributed by atoms with E-state index in [0.717, 1.165) is 34.4 Å². The van der Waals surface area contributed by atoms with E-state index in [1.807, 2.05) is 12.1 Å². The van der Waals surface area contributed by atoms with Gasteiger partial charge in [-0.3, -0.25) is 0 Å². The molecule has 19 heavy (non-hydrogen) atoms.